The summed E-state index contributed by atoms with van der Waals surface area (Å²) in [6.07, 6.45) is 5.41. The average molecular weight is 686 g/mol. The SMILES string of the molecule is CC(C)=CC1OC2C3OC34[C@H](CC[C@]3(C)[C@@]5(C)c6[nH]c7ccc8c(c7c6C[C@@H]5CC[C@@]43O)CC3C(C8=O)C(C)(C)OC3(C)C)O[C@@H]2C(C)(C)O1. The Hall–Kier alpha value is -2.07. The molecule has 4 aliphatic heterocycles. The second kappa shape index (κ2) is 9.34. The summed E-state index contributed by atoms with van der Waals surface area (Å²) >= 11 is 0. The van der Waals surface area contributed by atoms with Crippen molar-refractivity contribution in [3.63, 3.8) is 0 Å². The van der Waals surface area contributed by atoms with Gasteiger partial charge in [-0.2, -0.15) is 0 Å². The number of carbonyl (C=O) groups is 1. The summed E-state index contributed by atoms with van der Waals surface area (Å²) in [5, 5.41) is 14.7. The minimum absolute atomic E-state index is 0.123. The zero-order chi connectivity index (χ0) is 35.3. The topological polar surface area (TPSA) is 103 Å². The average Bonchev–Trinajstić information content (AvgIpc) is 3.51. The minimum Gasteiger partial charge on any atom is -0.386 e. The van der Waals surface area contributed by atoms with Crippen LogP contribution in [0.4, 0.5) is 0 Å². The molecule has 8 heteroatoms. The van der Waals surface area contributed by atoms with Gasteiger partial charge in [0.2, 0.25) is 0 Å². The second-order valence-corrected chi connectivity index (χ2v) is 19.6. The van der Waals surface area contributed by atoms with Crippen molar-refractivity contribution >= 4 is 16.7 Å². The van der Waals surface area contributed by atoms with Crippen molar-refractivity contribution in [3.05, 3.63) is 46.2 Å². The molecule has 0 amide bonds. The largest absolute Gasteiger partial charge is 0.386 e. The van der Waals surface area contributed by atoms with E-state index in [1.54, 1.807) is 0 Å². The number of epoxide rings is 1. The molecule has 6 fully saturated rings. The van der Waals surface area contributed by atoms with E-state index in [0.29, 0.717) is 12.3 Å². The second-order valence-electron chi connectivity index (χ2n) is 19.6. The lowest BCUT2D eigenvalue weighted by Crippen LogP contribution is -2.77. The first-order valence-electron chi connectivity index (χ1n) is 19.3. The molecule has 50 heavy (non-hydrogen) atoms. The van der Waals surface area contributed by atoms with Crippen LogP contribution in [0.2, 0.25) is 0 Å². The smallest absolute Gasteiger partial charge is 0.178 e. The molecule has 8 aliphatic rings. The Morgan fingerprint density at radius 3 is 2.38 bits per heavy atom. The van der Waals surface area contributed by atoms with Crippen molar-refractivity contribution in [1.82, 2.24) is 4.98 Å². The van der Waals surface area contributed by atoms with Gasteiger partial charge in [0.1, 0.15) is 23.9 Å². The van der Waals surface area contributed by atoms with Gasteiger partial charge in [-0.15, -0.1) is 0 Å². The van der Waals surface area contributed by atoms with Gasteiger partial charge in [0.25, 0.3) is 0 Å². The number of ketones is 1. The van der Waals surface area contributed by atoms with Crippen molar-refractivity contribution < 1.29 is 33.6 Å². The normalized spacial score (nSPS) is 48.3. The van der Waals surface area contributed by atoms with Gasteiger partial charge in [-0.3, -0.25) is 4.79 Å². The number of hydrogen-bond donors (Lipinski definition) is 2. The molecule has 2 aromatic rings. The summed E-state index contributed by atoms with van der Waals surface area (Å²) in [6.45, 7) is 21.5. The van der Waals surface area contributed by atoms with Crippen LogP contribution in [0, 0.1) is 23.2 Å². The Labute approximate surface area is 296 Å². The van der Waals surface area contributed by atoms with E-state index in [-0.39, 0.29) is 53.1 Å². The number of ether oxygens (including phenoxy) is 5. The number of benzene rings is 1. The molecule has 1 spiro atoms. The van der Waals surface area contributed by atoms with E-state index in [1.165, 1.54) is 22.2 Å². The van der Waals surface area contributed by atoms with E-state index in [9.17, 15) is 9.90 Å². The molecule has 4 aliphatic carbocycles. The first-order chi connectivity index (χ1) is 23.3. The highest BCUT2D eigenvalue weighted by molar-refractivity contribution is 6.06. The predicted octanol–water partition coefficient (Wildman–Crippen LogP) is 6.87. The fourth-order valence-corrected chi connectivity index (χ4v) is 13.6. The number of aromatic amines is 1. The van der Waals surface area contributed by atoms with Crippen molar-refractivity contribution in [1.29, 1.82) is 0 Å². The Morgan fingerprint density at radius 1 is 0.880 bits per heavy atom. The third-order valence-corrected chi connectivity index (χ3v) is 15.9. The van der Waals surface area contributed by atoms with Crippen LogP contribution in [0.15, 0.2) is 23.8 Å². The Kier molecular flexibility index (Phi) is 6.09. The summed E-state index contributed by atoms with van der Waals surface area (Å²) in [7, 11) is 0. The number of rotatable bonds is 1. The van der Waals surface area contributed by atoms with Crippen molar-refractivity contribution in [2.75, 3.05) is 0 Å². The number of aliphatic hydroxyl groups is 1. The minimum atomic E-state index is -1.11. The Bertz CT molecular complexity index is 1900. The highest BCUT2D eigenvalue weighted by atomic mass is 16.8. The highest BCUT2D eigenvalue weighted by Crippen LogP contribution is 2.75. The van der Waals surface area contributed by atoms with E-state index in [2.05, 4.69) is 86.4 Å². The number of fused-ring (bicyclic) bond motifs is 12. The zero-order valence-corrected chi connectivity index (χ0v) is 31.5. The maximum Gasteiger partial charge on any atom is 0.178 e. The summed E-state index contributed by atoms with van der Waals surface area (Å²) in [5.74, 6) is 0.568. The van der Waals surface area contributed by atoms with Gasteiger partial charge in [0.05, 0.1) is 28.8 Å². The van der Waals surface area contributed by atoms with Gasteiger partial charge in [-0.05, 0) is 129 Å². The molecule has 1 aromatic heterocycles. The molecule has 0 radical (unpaired) electrons. The van der Waals surface area contributed by atoms with Crippen LogP contribution in [0.5, 0.6) is 0 Å². The lowest BCUT2D eigenvalue weighted by Gasteiger charge is -2.66. The number of allylic oxidation sites excluding steroid dienone is 1. The van der Waals surface area contributed by atoms with E-state index < -0.39 is 34.1 Å². The van der Waals surface area contributed by atoms with Gasteiger partial charge >= 0.3 is 0 Å². The fraction of sp³-hybridized carbons (Fsp3) is 0.738. The number of hydrogen-bond acceptors (Lipinski definition) is 7. The molecular formula is C42H55NO7. The van der Waals surface area contributed by atoms with Crippen LogP contribution >= 0.6 is 0 Å². The maximum absolute atomic E-state index is 14.3. The van der Waals surface area contributed by atoms with Gasteiger partial charge in [0, 0.05) is 38.9 Å². The molecule has 6 unspecified atom stereocenters. The van der Waals surface area contributed by atoms with Crippen LogP contribution < -0.4 is 0 Å². The summed E-state index contributed by atoms with van der Waals surface area (Å²) in [4.78, 5) is 18.2. The number of H-pyrrole nitrogens is 1. The highest BCUT2D eigenvalue weighted by Gasteiger charge is 2.87. The first kappa shape index (κ1) is 32.6. The molecule has 0 bridgehead atoms. The number of Topliss-reactive ketones (excluding diaryl/α,β-unsaturated/α-hetero) is 1. The summed E-state index contributed by atoms with van der Waals surface area (Å²) < 4.78 is 33.4. The van der Waals surface area contributed by atoms with Crippen LogP contribution in [0.1, 0.15) is 122 Å². The molecule has 2 saturated carbocycles. The van der Waals surface area contributed by atoms with Crippen LogP contribution in [0.3, 0.4) is 0 Å². The number of carbonyl (C=O) groups excluding carboxylic acids is 1. The van der Waals surface area contributed by atoms with Crippen molar-refractivity contribution in [3.8, 4) is 0 Å². The summed E-state index contributed by atoms with van der Waals surface area (Å²) in [5.41, 5.74) is 2.69. The van der Waals surface area contributed by atoms with E-state index in [0.717, 1.165) is 48.8 Å². The molecule has 1 aromatic carbocycles. The van der Waals surface area contributed by atoms with E-state index >= 15 is 0 Å². The van der Waals surface area contributed by atoms with Crippen molar-refractivity contribution in [2.45, 2.75) is 172 Å². The molecule has 5 heterocycles. The summed E-state index contributed by atoms with van der Waals surface area (Å²) in [6, 6.07) is 4.19. The molecular weight excluding hydrogens is 630 g/mol. The lowest BCUT2D eigenvalue weighted by atomic mass is 9.40. The van der Waals surface area contributed by atoms with Crippen LogP contribution in [0.25, 0.3) is 10.9 Å². The van der Waals surface area contributed by atoms with Gasteiger partial charge < -0.3 is 33.8 Å². The lowest BCUT2D eigenvalue weighted by molar-refractivity contribution is -0.343. The quantitative estimate of drug-likeness (QED) is 0.250. The maximum atomic E-state index is 14.3. The van der Waals surface area contributed by atoms with Crippen LogP contribution in [-0.4, -0.2) is 74.6 Å². The third kappa shape index (κ3) is 3.54. The standard InChI is InChI=1S/C42H55NO7/c1-20(2)17-28-47-32-34(38(7,8)48-28)46-27-14-15-39(9)40(10)21(13-16-41(39,45)42(27)35(32)49-42)18-24-29-23-19-25-30(37(5,6)50-36(25,3)4)31(44)22(23)11-12-26(29)43-33(24)40/h11-12,17,21,25,27-28,30,32,34-35,43,45H,13-16,18-19H2,1-10H3/t21-,25?,27-,28?,30?,32?,34-,35?,39+,40+,41-,42?/m0/s1. The van der Waals surface area contributed by atoms with Crippen LogP contribution in [-0.2, 0) is 41.9 Å². The molecule has 10 rings (SSSR count). The number of nitrogens with one attached hydrogen (secondary N) is 1. The van der Waals surface area contributed by atoms with E-state index in [1.807, 2.05) is 6.08 Å². The molecule has 4 saturated heterocycles. The molecule has 12 atom stereocenters. The third-order valence-electron chi connectivity index (χ3n) is 15.9. The van der Waals surface area contributed by atoms with E-state index in [4.69, 9.17) is 23.7 Å². The van der Waals surface area contributed by atoms with Gasteiger partial charge in [-0.1, -0.05) is 19.4 Å². The Morgan fingerprint density at radius 2 is 1.64 bits per heavy atom. The van der Waals surface area contributed by atoms with Crippen molar-refractivity contribution in [2.24, 2.45) is 23.2 Å². The zero-order valence-electron chi connectivity index (χ0n) is 31.5. The fourth-order valence-electron chi connectivity index (χ4n) is 13.6. The molecule has 270 valence electrons. The predicted molar refractivity (Wildman–Crippen MR) is 188 cm³/mol. The number of aromatic nitrogens is 1. The molecule has 2 N–H and O–H groups in total. The first-order valence-corrected chi connectivity index (χ1v) is 19.3. The molecule has 8 nitrogen and oxygen atoms in total. The Balaban J connectivity index is 1.07. The monoisotopic (exact) mass is 685 g/mol. The van der Waals surface area contributed by atoms with Gasteiger partial charge in [-0.25, -0.2) is 0 Å². The van der Waals surface area contributed by atoms with Gasteiger partial charge in [0.15, 0.2) is 17.7 Å².